The van der Waals surface area contributed by atoms with Crippen molar-refractivity contribution in [2.45, 2.75) is 25.5 Å². The van der Waals surface area contributed by atoms with Gasteiger partial charge in [-0.25, -0.2) is 0 Å². The van der Waals surface area contributed by atoms with Crippen molar-refractivity contribution in [1.82, 2.24) is 9.80 Å². The third-order valence-electron chi connectivity index (χ3n) is 3.90. The molecule has 3 atom stereocenters. The van der Waals surface area contributed by atoms with E-state index in [0.29, 0.717) is 18.1 Å². The van der Waals surface area contributed by atoms with Crippen molar-refractivity contribution >= 4 is 0 Å². The molecule has 0 radical (unpaired) electrons. The molecule has 0 spiro atoms. The van der Waals surface area contributed by atoms with Crippen LogP contribution in [0.5, 0.6) is 0 Å². The van der Waals surface area contributed by atoms with Crippen molar-refractivity contribution in [1.29, 1.82) is 0 Å². The second-order valence-corrected chi connectivity index (χ2v) is 5.40. The zero-order chi connectivity index (χ0) is 11.5. The van der Waals surface area contributed by atoms with E-state index in [1.807, 2.05) is 0 Å². The van der Waals surface area contributed by atoms with Crippen molar-refractivity contribution in [2.24, 2.45) is 11.7 Å². The van der Waals surface area contributed by atoms with Crippen LogP contribution in [0.2, 0.25) is 0 Å². The molecule has 2 saturated heterocycles. The Morgan fingerprint density at radius 1 is 1.38 bits per heavy atom. The lowest BCUT2D eigenvalue weighted by molar-refractivity contribution is -0.0367. The number of hydrogen-bond donors (Lipinski definition) is 1. The molecule has 16 heavy (non-hydrogen) atoms. The summed E-state index contributed by atoms with van der Waals surface area (Å²) in [7, 11) is 2.17. The molecule has 0 aromatic heterocycles. The predicted molar refractivity (Wildman–Crippen MR) is 65.4 cm³/mol. The highest BCUT2D eigenvalue weighted by molar-refractivity contribution is 4.85. The second-order valence-electron chi connectivity index (χ2n) is 5.40. The number of likely N-dealkylation sites (N-methyl/N-ethyl adjacent to an activating group) is 1. The lowest BCUT2D eigenvalue weighted by atomic mass is 10.1. The second kappa shape index (κ2) is 5.45. The molecule has 0 aliphatic carbocycles. The molecule has 2 aliphatic heterocycles. The minimum atomic E-state index is 0.387. The predicted octanol–water partition coefficient (Wildman–Crippen LogP) is -0.0139. The van der Waals surface area contributed by atoms with E-state index in [9.17, 15) is 0 Å². The average molecular weight is 227 g/mol. The minimum absolute atomic E-state index is 0.387. The molecule has 0 aromatic rings. The summed E-state index contributed by atoms with van der Waals surface area (Å²) < 4.78 is 5.81. The molecule has 2 aliphatic rings. The number of nitrogens with zero attached hydrogens (tertiary/aromatic N) is 2. The third-order valence-corrected chi connectivity index (χ3v) is 3.90. The Kier molecular flexibility index (Phi) is 4.19. The Morgan fingerprint density at radius 2 is 2.19 bits per heavy atom. The summed E-state index contributed by atoms with van der Waals surface area (Å²) in [6.07, 6.45) is 1.64. The van der Waals surface area contributed by atoms with Gasteiger partial charge in [0, 0.05) is 32.2 Å². The number of likely N-dealkylation sites (tertiary alicyclic amines) is 1. The smallest absolute Gasteiger partial charge is 0.0829 e. The lowest BCUT2D eigenvalue weighted by Gasteiger charge is -2.33. The van der Waals surface area contributed by atoms with Gasteiger partial charge in [-0.1, -0.05) is 0 Å². The molecule has 4 nitrogen and oxygen atoms in total. The standard InChI is InChI=1S/C12H25N3O/c1-10-5-11(6-13)7-15(10)9-12-8-14(2)3-4-16-12/h10-12H,3-9,13H2,1-2H3. The van der Waals surface area contributed by atoms with E-state index in [2.05, 4.69) is 23.8 Å². The van der Waals surface area contributed by atoms with Crippen LogP contribution >= 0.6 is 0 Å². The van der Waals surface area contributed by atoms with Crippen molar-refractivity contribution in [3.05, 3.63) is 0 Å². The van der Waals surface area contributed by atoms with E-state index in [1.54, 1.807) is 0 Å². The van der Waals surface area contributed by atoms with Gasteiger partial charge in [0.25, 0.3) is 0 Å². The maximum atomic E-state index is 5.81. The van der Waals surface area contributed by atoms with Gasteiger partial charge in [0.05, 0.1) is 12.7 Å². The van der Waals surface area contributed by atoms with E-state index >= 15 is 0 Å². The van der Waals surface area contributed by atoms with E-state index < -0.39 is 0 Å². The molecule has 4 heteroatoms. The topological polar surface area (TPSA) is 41.7 Å². The van der Waals surface area contributed by atoms with Gasteiger partial charge in [0.15, 0.2) is 0 Å². The van der Waals surface area contributed by atoms with Gasteiger partial charge in [-0.3, -0.25) is 4.90 Å². The fourth-order valence-corrected chi connectivity index (χ4v) is 2.88. The molecule has 0 saturated carbocycles. The number of ether oxygens (including phenoxy) is 1. The van der Waals surface area contributed by atoms with Gasteiger partial charge in [0.2, 0.25) is 0 Å². The quantitative estimate of drug-likeness (QED) is 0.736. The number of morpholine rings is 1. The molecule has 2 heterocycles. The van der Waals surface area contributed by atoms with E-state index in [-0.39, 0.29) is 0 Å². The SMILES string of the molecule is CC1CC(CN)CN1CC1CN(C)CCO1. The molecule has 0 aromatic carbocycles. The fraction of sp³-hybridized carbons (Fsp3) is 1.00. The Balaban J connectivity index is 1.80. The molecule has 94 valence electrons. The summed E-state index contributed by atoms with van der Waals surface area (Å²) >= 11 is 0. The van der Waals surface area contributed by atoms with Gasteiger partial charge in [-0.15, -0.1) is 0 Å². The Hall–Kier alpha value is -0.160. The summed E-state index contributed by atoms with van der Waals surface area (Å²) in [6.45, 7) is 8.37. The first-order valence-corrected chi connectivity index (χ1v) is 6.43. The molecular weight excluding hydrogens is 202 g/mol. The van der Waals surface area contributed by atoms with Crippen LogP contribution < -0.4 is 5.73 Å². The monoisotopic (exact) mass is 227 g/mol. The Morgan fingerprint density at radius 3 is 2.81 bits per heavy atom. The zero-order valence-corrected chi connectivity index (χ0v) is 10.6. The Labute approximate surface area is 98.7 Å². The van der Waals surface area contributed by atoms with Crippen LogP contribution in [-0.2, 0) is 4.74 Å². The van der Waals surface area contributed by atoms with E-state index in [0.717, 1.165) is 39.3 Å². The van der Waals surface area contributed by atoms with Crippen LogP contribution in [0.1, 0.15) is 13.3 Å². The van der Waals surface area contributed by atoms with Gasteiger partial charge >= 0.3 is 0 Å². The van der Waals surface area contributed by atoms with E-state index in [1.165, 1.54) is 6.42 Å². The zero-order valence-electron chi connectivity index (χ0n) is 10.6. The molecule has 2 fully saturated rings. The Bertz CT molecular complexity index is 224. The molecule has 0 amide bonds. The van der Waals surface area contributed by atoms with E-state index in [4.69, 9.17) is 10.5 Å². The van der Waals surface area contributed by atoms with Crippen LogP contribution in [-0.4, -0.2) is 68.3 Å². The van der Waals surface area contributed by atoms with Crippen LogP contribution in [0.3, 0.4) is 0 Å². The van der Waals surface area contributed by atoms with Crippen molar-refractivity contribution in [3.8, 4) is 0 Å². The minimum Gasteiger partial charge on any atom is -0.374 e. The first kappa shape index (κ1) is 12.3. The third kappa shape index (κ3) is 2.94. The van der Waals surface area contributed by atoms with Crippen LogP contribution in [0.15, 0.2) is 0 Å². The summed E-state index contributed by atoms with van der Waals surface area (Å²) in [6, 6.07) is 0.671. The van der Waals surface area contributed by atoms with Crippen molar-refractivity contribution < 1.29 is 4.74 Å². The molecular formula is C12H25N3O. The van der Waals surface area contributed by atoms with Gasteiger partial charge in [-0.2, -0.15) is 0 Å². The number of rotatable bonds is 3. The first-order chi connectivity index (χ1) is 7.69. The van der Waals surface area contributed by atoms with Crippen LogP contribution in [0, 0.1) is 5.92 Å². The highest BCUT2D eigenvalue weighted by Gasteiger charge is 2.30. The molecule has 3 unspecified atom stereocenters. The number of hydrogen-bond acceptors (Lipinski definition) is 4. The largest absolute Gasteiger partial charge is 0.374 e. The maximum Gasteiger partial charge on any atom is 0.0829 e. The first-order valence-electron chi connectivity index (χ1n) is 6.43. The van der Waals surface area contributed by atoms with Gasteiger partial charge < -0.3 is 15.4 Å². The molecule has 0 bridgehead atoms. The van der Waals surface area contributed by atoms with Crippen LogP contribution in [0.4, 0.5) is 0 Å². The summed E-state index contributed by atoms with van der Waals surface area (Å²) in [5.74, 6) is 0.691. The van der Waals surface area contributed by atoms with Crippen LogP contribution in [0.25, 0.3) is 0 Å². The molecule has 2 rings (SSSR count). The van der Waals surface area contributed by atoms with Gasteiger partial charge in [-0.05, 0) is 32.9 Å². The average Bonchev–Trinajstić information content (AvgIpc) is 2.60. The van der Waals surface area contributed by atoms with Crippen molar-refractivity contribution in [2.75, 3.05) is 46.4 Å². The lowest BCUT2D eigenvalue weighted by Crippen LogP contribution is -2.46. The highest BCUT2D eigenvalue weighted by Crippen LogP contribution is 2.22. The molecule has 2 N–H and O–H groups in total. The van der Waals surface area contributed by atoms with Gasteiger partial charge in [0.1, 0.15) is 0 Å². The number of nitrogens with two attached hydrogens (primary N) is 1. The summed E-state index contributed by atoms with van der Waals surface area (Å²) in [4.78, 5) is 4.90. The summed E-state index contributed by atoms with van der Waals surface area (Å²) in [5, 5.41) is 0. The van der Waals surface area contributed by atoms with Crippen molar-refractivity contribution in [3.63, 3.8) is 0 Å². The highest BCUT2D eigenvalue weighted by atomic mass is 16.5. The summed E-state index contributed by atoms with van der Waals surface area (Å²) in [5.41, 5.74) is 5.75. The maximum absolute atomic E-state index is 5.81. The fourth-order valence-electron chi connectivity index (χ4n) is 2.88. The normalized spacial score (nSPS) is 38.1.